The molecule has 20 heavy (non-hydrogen) atoms. The maximum absolute atomic E-state index is 12.5. The molecular formula is C14H17ClN2O2S. The first-order valence-electron chi connectivity index (χ1n) is 6.56. The molecule has 0 bridgehead atoms. The van der Waals surface area contributed by atoms with Gasteiger partial charge in [0.2, 0.25) is 10.0 Å². The Balaban J connectivity index is 2.28. The van der Waals surface area contributed by atoms with Gasteiger partial charge in [-0.25, -0.2) is 8.42 Å². The summed E-state index contributed by atoms with van der Waals surface area (Å²) in [6, 6.07) is 6.18. The number of nitriles is 1. The van der Waals surface area contributed by atoms with Gasteiger partial charge in [0.25, 0.3) is 0 Å². The molecule has 1 aliphatic rings. The zero-order chi connectivity index (χ0) is 14.9. The first-order chi connectivity index (χ1) is 9.36. The number of benzene rings is 1. The third-order valence-electron chi connectivity index (χ3n) is 3.83. The second-order valence-corrected chi connectivity index (χ2v) is 7.75. The smallest absolute Gasteiger partial charge is 0.207 e. The van der Waals surface area contributed by atoms with Crippen LogP contribution in [-0.4, -0.2) is 25.8 Å². The SMILES string of the molecule is CC(C)C1CCN(S(=O)(=O)c2ccc(C#N)c(Cl)c2)C1. The highest BCUT2D eigenvalue weighted by Gasteiger charge is 2.33. The number of hydrogen-bond acceptors (Lipinski definition) is 3. The van der Waals surface area contributed by atoms with Gasteiger partial charge in [0.15, 0.2) is 0 Å². The van der Waals surface area contributed by atoms with Crippen molar-refractivity contribution in [2.75, 3.05) is 13.1 Å². The third kappa shape index (κ3) is 2.83. The molecule has 0 saturated carbocycles. The molecule has 108 valence electrons. The lowest BCUT2D eigenvalue weighted by atomic mass is 9.96. The lowest BCUT2D eigenvalue weighted by Crippen LogP contribution is -2.29. The van der Waals surface area contributed by atoms with Crippen LogP contribution < -0.4 is 0 Å². The monoisotopic (exact) mass is 312 g/mol. The zero-order valence-electron chi connectivity index (χ0n) is 11.5. The van der Waals surface area contributed by atoms with Crippen LogP contribution >= 0.6 is 11.6 Å². The van der Waals surface area contributed by atoms with Crippen molar-refractivity contribution in [1.29, 1.82) is 5.26 Å². The summed E-state index contributed by atoms with van der Waals surface area (Å²) in [6.45, 7) is 5.32. The fraction of sp³-hybridized carbons (Fsp3) is 0.500. The number of sulfonamides is 1. The minimum Gasteiger partial charge on any atom is -0.207 e. The molecule has 6 heteroatoms. The summed E-state index contributed by atoms with van der Waals surface area (Å²) < 4.78 is 26.6. The quantitative estimate of drug-likeness (QED) is 0.862. The molecule has 0 aliphatic carbocycles. The Kier molecular flexibility index (Phi) is 4.38. The Bertz CT molecular complexity index is 650. The van der Waals surface area contributed by atoms with Gasteiger partial charge in [-0.2, -0.15) is 9.57 Å². The molecule has 1 saturated heterocycles. The van der Waals surface area contributed by atoms with E-state index in [1.807, 2.05) is 6.07 Å². The lowest BCUT2D eigenvalue weighted by molar-refractivity contribution is 0.388. The first-order valence-corrected chi connectivity index (χ1v) is 8.38. The van der Waals surface area contributed by atoms with E-state index in [1.54, 1.807) is 0 Å². The van der Waals surface area contributed by atoms with Gasteiger partial charge in [-0.3, -0.25) is 0 Å². The topological polar surface area (TPSA) is 61.2 Å². The molecule has 1 atom stereocenters. The van der Waals surface area contributed by atoms with Crippen LogP contribution in [-0.2, 0) is 10.0 Å². The van der Waals surface area contributed by atoms with E-state index in [0.29, 0.717) is 24.9 Å². The van der Waals surface area contributed by atoms with Gasteiger partial charge in [-0.15, -0.1) is 0 Å². The number of hydrogen-bond donors (Lipinski definition) is 0. The third-order valence-corrected chi connectivity index (χ3v) is 6.00. The van der Waals surface area contributed by atoms with Crippen LogP contribution in [0.15, 0.2) is 23.1 Å². The van der Waals surface area contributed by atoms with Crippen LogP contribution in [0.25, 0.3) is 0 Å². The van der Waals surface area contributed by atoms with Crippen molar-refractivity contribution in [2.45, 2.75) is 25.2 Å². The Labute approximate surface area is 125 Å². The van der Waals surface area contributed by atoms with Gasteiger partial charge < -0.3 is 0 Å². The molecule has 0 N–H and O–H groups in total. The molecule has 0 aromatic heterocycles. The molecule has 0 amide bonds. The van der Waals surface area contributed by atoms with Crippen molar-refractivity contribution in [3.63, 3.8) is 0 Å². The van der Waals surface area contributed by atoms with E-state index in [2.05, 4.69) is 13.8 Å². The maximum atomic E-state index is 12.5. The summed E-state index contributed by atoms with van der Waals surface area (Å²) >= 11 is 5.92. The molecular weight excluding hydrogens is 296 g/mol. The summed E-state index contributed by atoms with van der Waals surface area (Å²) in [5, 5.41) is 9.00. The largest absolute Gasteiger partial charge is 0.243 e. The highest BCUT2D eigenvalue weighted by Crippen LogP contribution is 2.30. The Morgan fingerprint density at radius 3 is 2.65 bits per heavy atom. The van der Waals surface area contributed by atoms with Crippen molar-refractivity contribution in [3.8, 4) is 6.07 Å². The fourth-order valence-electron chi connectivity index (χ4n) is 2.41. The summed E-state index contributed by atoms with van der Waals surface area (Å²) in [7, 11) is -3.51. The standard InChI is InChI=1S/C14H17ClN2O2S/c1-10(2)12-5-6-17(9-12)20(18,19)13-4-3-11(8-16)14(15)7-13/h3-4,7,10,12H,5-6,9H2,1-2H3. The molecule has 1 aliphatic heterocycles. The molecule has 4 nitrogen and oxygen atoms in total. The number of nitrogens with zero attached hydrogens (tertiary/aromatic N) is 2. The van der Waals surface area contributed by atoms with Crippen LogP contribution in [0.3, 0.4) is 0 Å². The summed E-state index contributed by atoms with van der Waals surface area (Å²) in [6.07, 6.45) is 0.890. The first kappa shape index (κ1) is 15.3. The summed E-state index contributed by atoms with van der Waals surface area (Å²) in [5.74, 6) is 0.874. The van der Waals surface area contributed by atoms with Crippen molar-refractivity contribution < 1.29 is 8.42 Å². The van der Waals surface area contributed by atoms with Gasteiger partial charge in [0, 0.05) is 13.1 Å². The minimum absolute atomic E-state index is 0.158. The highest BCUT2D eigenvalue weighted by atomic mass is 35.5. The predicted octanol–water partition coefficient (Wildman–Crippen LogP) is 2.88. The average Bonchev–Trinajstić information content (AvgIpc) is 2.89. The van der Waals surface area contributed by atoms with E-state index in [9.17, 15) is 8.42 Å². The maximum Gasteiger partial charge on any atom is 0.243 e. The van der Waals surface area contributed by atoms with E-state index in [4.69, 9.17) is 16.9 Å². The second-order valence-electron chi connectivity index (χ2n) is 5.41. The molecule has 1 unspecified atom stereocenters. The second kappa shape index (κ2) is 5.72. The van der Waals surface area contributed by atoms with Crippen molar-refractivity contribution >= 4 is 21.6 Å². The number of halogens is 1. The predicted molar refractivity (Wildman–Crippen MR) is 77.9 cm³/mol. The van der Waals surface area contributed by atoms with E-state index in [1.165, 1.54) is 22.5 Å². The van der Waals surface area contributed by atoms with Crippen LogP contribution in [0.4, 0.5) is 0 Å². The van der Waals surface area contributed by atoms with Gasteiger partial charge in [-0.1, -0.05) is 25.4 Å². The fourth-order valence-corrected chi connectivity index (χ4v) is 4.24. The zero-order valence-corrected chi connectivity index (χ0v) is 13.1. The van der Waals surface area contributed by atoms with Crippen LogP contribution in [0.5, 0.6) is 0 Å². The summed E-state index contributed by atoms with van der Waals surface area (Å²) in [4.78, 5) is 0.158. The number of rotatable bonds is 3. The normalized spacial score (nSPS) is 20.2. The van der Waals surface area contributed by atoms with Gasteiger partial charge in [0.05, 0.1) is 15.5 Å². The molecule has 0 spiro atoms. The van der Waals surface area contributed by atoms with Gasteiger partial charge in [-0.05, 0) is 36.5 Å². The van der Waals surface area contributed by atoms with E-state index < -0.39 is 10.0 Å². The molecule has 2 rings (SSSR count). The average molecular weight is 313 g/mol. The minimum atomic E-state index is -3.51. The summed E-state index contributed by atoms with van der Waals surface area (Å²) in [5.41, 5.74) is 0.284. The van der Waals surface area contributed by atoms with E-state index in [-0.39, 0.29) is 15.5 Å². The Hall–Kier alpha value is -1.09. The molecule has 1 fully saturated rings. The van der Waals surface area contributed by atoms with E-state index in [0.717, 1.165) is 6.42 Å². The van der Waals surface area contributed by atoms with Crippen molar-refractivity contribution in [3.05, 3.63) is 28.8 Å². The highest BCUT2D eigenvalue weighted by molar-refractivity contribution is 7.89. The van der Waals surface area contributed by atoms with Crippen molar-refractivity contribution in [2.24, 2.45) is 11.8 Å². The lowest BCUT2D eigenvalue weighted by Gasteiger charge is -2.18. The Morgan fingerprint density at radius 2 is 2.15 bits per heavy atom. The molecule has 0 radical (unpaired) electrons. The Morgan fingerprint density at radius 1 is 1.45 bits per heavy atom. The van der Waals surface area contributed by atoms with Crippen LogP contribution in [0.1, 0.15) is 25.8 Å². The van der Waals surface area contributed by atoms with Gasteiger partial charge in [0.1, 0.15) is 6.07 Å². The van der Waals surface area contributed by atoms with Crippen LogP contribution in [0.2, 0.25) is 5.02 Å². The van der Waals surface area contributed by atoms with E-state index >= 15 is 0 Å². The molecule has 1 aromatic rings. The van der Waals surface area contributed by atoms with Crippen LogP contribution in [0, 0.1) is 23.2 Å². The molecule has 1 heterocycles. The molecule has 1 aromatic carbocycles. The van der Waals surface area contributed by atoms with Gasteiger partial charge >= 0.3 is 0 Å². The van der Waals surface area contributed by atoms with Crippen molar-refractivity contribution in [1.82, 2.24) is 4.31 Å².